The zero-order chi connectivity index (χ0) is 36.0. The topological polar surface area (TPSA) is 69.9 Å². The van der Waals surface area contributed by atoms with Crippen LogP contribution in [0.5, 0.6) is 0 Å². The fourth-order valence-electron chi connectivity index (χ4n) is 8.37. The van der Waals surface area contributed by atoms with Gasteiger partial charge in [0.15, 0.2) is 17.5 Å². The van der Waals surface area contributed by atoms with E-state index in [1.165, 1.54) is 10.8 Å². The van der Waals surface area contributed by atoms with E-state index in [1.807, 2.05) is 84.9 Å². The summed E-state index contributed by atoms with van der Waals surface area (Å²) in [7, 11) is 0. The Morgan fingerprint density at radius 3 is 1.71 bits per heavy atom. The van der Waals surface area contributed by atoms with Gasteiger partial charge in [-0.15, -0.1) is 0 Å². The van der Waals surface area contributed by atoms with Crippen LogP contribution >= 0.6 is 0 Å². The van der Waals surface area contributed by atoms with E-state index in [0.29, 0.717) is 17.5 Å². The van der Waals surface area contributed by atoms with Crippen LogP contribution in [-0.2, 0) is 0 Å². The van der Waals surface area contributed by atoms with Crippen LogP contribution in [0.15, 0.2) is 179 Å². The fraction of sp³-hybridized carbons (Fsp3) is 0. The Bertz CT molecular complexity index is 3430. The summed E-state index contributed by atoms with van der Waals surface area (Å²) in [5.74, 6) is 1.84. The Hall–Kier alpha value is -7.57. The van der Waals surface area contributed by atoms with Gasteiger partial charge in [0.25, 0.3) is 0 Å². The van der Waals surface area contributed by atoms with Gasteiger partial charge in [0.2, 0.25) is 0 Å². The van der Waals surface area contributed by atoms with Gasteiger partial charge in [-0.05, 0) is 53.9 Å². The van der Waals surface area contributed by atoms with E-state index >= 15 is 0 Å². The molecule has 0 aliphatic carbocycles. The Labute approximate surface area is 313 Å². The molecule has 6 heteroatoms. The minimum Gasteiger partial charge on any atom is -0.456 e. The molecule has 0 N–H and O–H groups in total. The monoisotopic (exact) mass is 704 g/mol. The first kappa shape index (κ1) is 29.9. The molecule has 0 saturated carbocycles. The van der Waals surface area contributed by atoms with Crippen molar-refractivity contribution in [2.24, 2.45) is 0 Å². The van der Waals surface area contributed by atoms with E-state index < -0.39 is 0 Å². The van der Waals surface area contributed by atoms with E-state index in [-0.39, 0.29) is 0 Å². The number of hydrogen-bond donors (Lipinski definition) is 0. The number of hydrogen-bond acceptors (Lipinski definition) is 5. The molecule has 0 unspecified atom stereocenters. The lowest BCUT2D eigenvalue weighted by molar-refractivity contribution is 0.669. The third-order valence-electron chi connectivity index (χ3n) is 10.8. The summed E-state index contributed by atoms with van der Waals surface area (Å²) in [6.45, 7) is 0. The van der Waals surface area contributed by atoms with Crippen LogP contribution in [0, 0.1) is 0 Å². The number of fused-ring (bicyclic) bond motifs is 12. The first-order chi connectivity index (χ1) is 27.3. The molecule has 0 aliphatic rings. The molecular weight excluding hydrogens is 677 g/mol. The van der Waals surface area contributed by atoms with E-state index in [0.717, 1.165) is 88.1 Å². The van der Waals surface area contributed by atoms with E-state index in [4.69, 9.17) is 23.8 Å². The molecule has 0 spiro atoms. The third-order valence-corrected chi connectivity index (χ3v) is 10.8. The van der Waals surface area contributed by atoms with Crippen LogP contribution in [0.3, 0.4) is 0 Å². The second-order valence-corrected chi connectivity index (χ2v) is 14.0. The number of furan rings is 2. The van der Waals surface area contributed by atoms with Crippen molar-refractivity contribution in [1.82, 2.24) is 19.5 Å². The first-order valence-corrected chi connectivity index (χ1v) is 18.4. The van der Waals surface area contributed by atoms with Crippen LogP contribution < -0.4 is 0 Å². The molecule has 4 heterocycles. The van der Waals surface area contributed by atoms with E-state index in [9.17, 15) is 0 Å². The van der Waals surface area contributed by atoms with Crippen LogP contribution in [0.1, 0.15) is 0 Å². The summed E-state index contributed by atoms with van der Waals surface area (Å²) < 4.78 is 15.5. The summed E-state index contributed by atoms with van der Waals surface area (Å²) in [6.07, 6.45) is 0. The van der Waals surface area contributed by atoms with Gasteiger partial charge in [0.1, 0.15) is 22.3 Å². The van der Waals surface area contributed by atoms with Crippen molar-refractivity contribution in [3.63, 3.8) is 0 Å². The largest absolute Gasteiger partial charge is 0.456 e. The molecule has 55 heavy (non-hydrogen) atoms. The van der Waals surface area contributed by atoms with Gasteiger partial charge in [0, 0.05) is 54.7 Å². The SMILES string of the molecule is c1ccc(-c2nc(-c3ccccc3)nc(-c3cc4c5ccccc5oc4c4cc(-n5c6ccccc6c6ccc7oc8ccccc8c7c65)ccc34)n2)cc1. The Balaban J connectivity index is 1.19. The molecule has 6 nitrogen and oxygen atoms in total. The minimum absolute atomic E-state index is 0.598. The molecular formula is C49H28N4O2. The Morgan fingerprint density at radius 1 is 0.382 bits per heavy atom. The zero-order valence-electron chi connectivity index (χ0n) is 29.3. The molecule has 4 aromatic heterocycles. The zero-order valence-corrected chi connectivity index (χ0v) is 29.3. The van der Waals surface area contributed by atoms with Crippen LogP contribution in [-0.4, -0.2) is 19.5 Å². The van der Waals surface area contributed by atoms with Crippen LogP contribution in [0.25, 0.3) is 116 Å². The maximum atomic E-state index is 6.73. The molecule has 12 rings (SSSR count). The van der Waals surface area contributed by atoms with Gasteiger partial charge in [-0.25, -0.2) is 15.0 Å². The number of para-hydroxylation sites is 3. The maximum Gasteiger partial charge on any atom is 0.164 e. The number of rotatable bonds is 4. The fourth-order valence-corrected chi connectivity index (χ4v) is 8.37. The lowest BCUT2D eigenvalue weighted by Gasteiger charge is -2.13. The van der Waals surface area contributed by atoms with Crippen molar-refractivity contribution in [2.45, 2.75) is 0 Å². The first-order valence-electron chi connectivity index (χ1n) is 18.4. The average molecular weight is 705 g/mol. The number of aromatic nitrogens is 4. The summed E-state index contributed by atoms with van der Waals surface area (Å²) in [5, 5.41) is 8.54. The second-order valence-electron chi connectivity index (χ2n) is 14.0. The predicted molar refractivity (Wildman–Crippen MR) is 223 cm³/mol. The molecule has 0 fully saturated rings. The maximum absolute atomic E-state index is 6.73. The normalized spacial score (nSPS) is 12.0. The summed E-state index contributed by atoms with van der Waals surface area (Å²) in [6, 6.07) is 58.4. The summed E-state index contributed by atoms with van der Waals surface area (Å²) in [4.78, 5) is 15.3. The lowest BCUT2D eigenvalue weighted by Crippen LogP contribution is -2.01. The highest BCUT2D eigenvalue weighted by Crippen LogP contribution is 2.44. The molecule has 256 valence electrons. The van der Waals surface area contributed by atoms with Crippen molar-refractivity contribution in [2.75, 3.05) is 0 Å². The minimum atomic E-state index is 0.598. The second kappa shape index (κ2) is 11.5. The highest BCUT2D eigenvalue weighted by molar-refractivity contribution is 6.25. The van der Waals surface area contributed by atoms with Crippen molar-refractivity contribution in [3.05, 3.63) is 170 Å². The third kappa shape index (κ3) is 4.46. The lowest BCUT2D eigenvalue weighted by atomic mass is 9.98. The summed E-state index contributed by atoms with van der Waals surface area (Å²) >= 11 is 0. The predicted octanol–water partition coefficient (Wildman–Crippen LogP) is 12.9. The van der Waals surface area contributed by atoms with E-state index in [1.54, 1.807) is 0 Å². The van der Waals surface area contributed by atoms with Gasteiger partial charge in [-0.2, -0.15) is 0 Å². The number of benzene rings is 8. The molecule has 12 aromatic rings. The van der Waals surface area contributed by atoms with Crippen molar-refractivity contribution in [3.8, 4) is 39.9 Å². The standard InChI is InChI=1S/C49H28N4O2/c1-3-13-29(14-4-1)47-50-48(30-15-5-2-6-16-30)52-49(51-47)39-28-38-34-18-8-11-21-41(34)55-46(38)37-27-31(23-24-32(37)39)53-40-20-10-7-17-33(40)35-25-26-43-44(45(35)53)36-19-9-12-22-42(36)54-43/h1-28H. The van der Waals surface area contributed by atoms with Crippen molar-refractivity contribution < 1.29 is 8.83 Å². The highest BCUT2D eigenvalue weighted by Gasteiger charge is 2.22. The quantitative estimate of drug-likeness (QED) is 0.182. The van der Waals surface area contributed by atoms with Gasteiger partial charge >= 0.3 is 0 Å². The molecule has 0 atom stereocenters. The smallest absolute Gasteiger partial charge is 0.164 e. The molecule has 0 bridgehead atoms. The van der Waals surface area contributed by atoms with Crippen LogP contribution in [0.4, 0.5) is 0 Å². The highest BCUT2D eigenvalue weighted by atomic mass is 16.3. The number of nitrogens with zero attached hydrogens (tertiary/aromatic N) is 4. The van der Waals surface area contributed by atoms with Gasteiger partial charge < -0.3 is 13.4 Å². The summed E-state index contributed by atoms with van der Waals surface area (Å²) in [5.41, 5.74) is 9.38. The van der Waals surface area contributed by atoms with Crippen LogP contribution in [0.2, 0.25) is 0 Å². The average Bonchev–Trinajstić information content (AvgIpc) is 3.93. The Kier molecular flexibility index (Phi) is 6.24. The molecule has 0 saturated heterocycles. The molecule has 8 aromatic carbocycles. The van der Waals surface area contributed by atoms with Crippen molar-refractivity contribution in [1.29, 1.82) is 0 Å². The van der Waals surface area contributed by atoms with E-state index in [2.05, 4.69) is 89.5 Å². The Morgan fingerprint density at radius 2 is 0.964 bits per heavy atom. The molecule has 0 aliphatic heterocycles. The van der Waals surface area contributed by atoms with Gasteiger partial charge in [-0.1, -0.05) is 121 Å². The van der Waals surface area contributed by atoms with Gasteiger partial charge in [-0.3, -0.25) is 0 Å². The van der Waals surface area contributed by atoms with Gasteiger partial charge in [0.05, 0.1) is 16.4 Å². The molecule has 0 amide bonds. The molecule has 0 radical (unpaired) electrons. The van der Waals surface area contributed by atoms with Crippen molar-refractivity contribution >= 4 is 76.5 Å².